The molecule has 1 spiro atoms. The molecule has 1 aromatic rings. The van der Waals surface area contributed by atoms with E-state index in [1.165, 1.54) is 30.4 Å². The molecule has 1 aromatic carbocycles. The minimum Gasteiger partial charge on any atom is -0.493 e. The predicted octanol–water partition coefficient (Wildman–Crippen LogP) is 7.77. The Bertz CT molecular complexity index is 1350. The molecule has 2 heterocycles. The molecule has 7 aliphatic rings. The molecule has 5 aliphatic carbocycles. The van der Waals surface area contributed by atoms with Crippen LogP contribution in [0.4, 0.5) is 4.79 Å². The highest BCUT2D eigenvalue weighted by Crippen LogP contribution is 2.68. The quantitative estimate of drug-likeness (QED) is 0.221. The molecule has 4 fully saturated rings. The number of aliphatic hydroxyl groups is 1. The number of benzene rings is 1. The van der Waals surface area contributed by atoms with E-state index < -0.39 is 11.7 Å². The Balaban J connectivity index is 0.978. The lowest BCUT2D eigenvalue weighted by molar-refractivity contribution is -0.157. The molecular formula is C39H58N2O5. The monoisotopic (exact) mass is 634 g/mol. The van der Waals surface area contributed by atoms with E-state index >= 15 is 0 Å². The zero-order valence-corrected chi connectivity index (χ0v) is 29.3. The first kappa shape index (κ1) is 32.3. The van der Waals surface area contributed by atoms with Gasteiger partial charge in [0.2, 0.25) is 0 Å². The standard InChI is InChI=1S/C39H58N2O5/c1-35(2,3)46-34(43)41(38-22-27-20-36(4,25-38)24-37(5,21-27)26-38)17-10-8-7-9-16-40-18-15-39-14-13-29(42)19-31(39)45-33-30(44-6)12-11-28(23-40)32(33)39/h11-14,27,29,31,42H,7-10,15-26H2,1-6H3/t27?,29-,31-,36-,37+,38?,39-/m0/s1. The number of nitrogens with zero attached hydrogens (tertiary/aromatic N) is 2. The fourth-order valence-electron chi connectivity index (χ4n) is 11.7. The molecule has 2 aliphatic heterocycles. The Kier molecular flexibility index (Phi) is 8.03. The maximum absolute atomic E-state index is 13.8. The van der Waals surface area contributed by atoms with E-state index in [1.54, 1.807) is 7.11 Å². The highest BCUT2D eigenvalue weighted by Gasteiger charge is 2.63. The van der Waals surface area contributed by atoms with Gasteiger partial charge in [0.05, 0.1) is 18.6 Å². The van der Waals surface area contributed by atoms with Crippen LogP contribution in [0.3, 0.4) is 0 Å². The van der Waals surface area contributed by atoms with Crippen LogP contribution in [0.2, 0.25) is 0 Å². The van der Waals surface area contributed by atoms with E-state index in [9.17, 15) is 9.90 Å². The van der Waals surface area contributed by atoms with Gasteiger partial charge in [-0.25, -0.2) is 4.79 Å². The zero-order valence-electron chi connectivity index (χ0n) is 29.3. The highest BCUT2D eigenvalue weighted by atomic mass is 16.6. The van der Waals surface area contributed by atoms with Crippen LogP contribution < -0.4 is 9.47 Å². The summed E-state index contributed by atoms with van der Waals surface area (Å²) in [5.41, 5.74) is 2.58. The lowest BCUT2D eigenvalue weighted by Crippen LogP contribution is -2.66. The molecule has 8 rings (SSSR count). The minimum atomic E-state index is -0.485. The van der Waals surface area contributed by atoms with E-state index in [0.29, 0.717) is 17.3 Å². The Hall–Kier alpha value is -2.25. The topological polar surface area (TPSA) is 71.5 Å². The number of amides is 1. The average molecular weight is 635 g/mol. The second-order valence-electron chi connectivity index (χ2n) is 17.9. The van der Waals surface area contributed by atoms with Crippen LogP contribution in [0.1, 0.15) is 123 Å². The van der Waals surface area contributed by atoms with Gasteiger partial charge in [0.1, 0.15) is 11.7 Å². The van der Waals surface area contributed by atoms with Gasteiger partial charge in [0.25, 0.3) is 0 Å². The Morgan fingerprint density at radius 2 is 1.80 bits per heavy atom. The van der Waals surface area contributed by atoms with E-state index in [0.717, 1.165) is 95.0 Å². The van der Waals surface area contributed by atoms with Crippen LogP contribution in [0.25, 0.3) is 0 Å². The predicted molar refractivity (Wildman–Crippen MR) is 180 cm³/mol. The molecule has 7 heteroatoms. The second-order valence-corrected chi connectivity index (χ2v) is 17.9. The van der Waals surface area contributed by atoms with E-state index in [1.807, 2.05) is 32.9 Å². The summed E-state index contributed by atoms with van der Waals surface area (Å²) in [4.78, 5) is 18.6. The van der Waals surface area contributed by atoms with Crippen molar-refractivity contribution in [2.75, 3.05) is 26.7 Å². The SMILES string of the molecule is COc1ccc2c3c1O[C@H]1C[C@@H](O)C=C[C@@]31CCN(CCCCCCN(C(=O)OC(C)(C)C)C13CC4C[C@@](C)(C1)C[C@](C)(C4)C3)C2. The molecule has 254 valence electrons. The van der Waals surface area contributed by atoms with Gasteiger partial charge in [-0.05, 0) is 120 Å². The molecule has 1 amide bonds. The molecule has 2 unspecified atom stereocenters. The Morgan fingerprint density at radius 3 is 2.50 bits per heavy atom. The maximum Gasteiger partial charge on any atom is 0.410 e. The molecule has 1 N–H and O–H groups in total. The van der Waals surface area contributed by atoms with Crippen LogP contribution >= 0.6 is 0 Å². The van der Waals surface area contributed by atoms with Crippen LogP contribution in [-0.2, 0) is 16.7 Å². The van der Waals surface area contributed by atoms with Gasteiger partial charge in [0, 0.05) is 30.6 Å². The fourth-order valence-corrected chi connectivity index (χ4v) is 11.7. The van der Waals surface area contributed by atoms with Crippen molar-refractivity contribution in [1.29, 1.82) is 0 Å². The number of hydrogen-bond acceptors (Lipinski definition) is 6. The van der Waals surface area contributed by atoms with Gasteiger partial charge in [-0.2, -0.15) is 0 Å². The number of carbonyl (C=O) groups is 1. The lowest BCUT2D eigenvalue weighted by atomic mass is 9.42. The average Bonchev–Trinajstić information content (AvgIpc) is 3.17. The zero-order chi connectivity index (χ0) is 32.5. The van der Waals surface area contributed by atoms with E-state index in [4.69, 9.17) is 14.2 Å². The maximum atomic E-state index is 13.8. The number of unbranched alkanes of at least 4 members (excludes halogenated alkanes) is 3. The van der Waals surface area contributed by atoms with Crippen molar-refractivity contribution in [3.8, 4) is 11.5 Å². The summed E-state index contributed by atoms with van der Waals surface area (Å²) in [6, 6.07) is 4.27. The molecule has 7 atom stereocenters. The van der Waals surface area contributed by atoms with Crippen molar-refractivity contribution in [2.45, 2.75) is 147 Å². The molecule has 0 saturated heterocycles. The van der Waals surface area contributed by atoms with Crippen molar-refractivity contribution in [1.82, 2.24) is 9.80 Å². The largest absolute Gasteiger partial charge is 0.493 e. The summed E-state index contributed by atoms with van der Waals surface area (Å²) >= 11 is 0. The lowest BCUT2D eigenvalue weighted by Gasteiger charge is -2.67. The van der Waals surface area contributed by atoms with Gasteiger partial charge in [0.15, 0.2) is 11.5 Å². The van der Waals surface area contributed by atoms with Gasteiger partial charge in [-0.1, -0.05) is 44.9 Å². The number of hydrogen-bond donors (Lipinski definition) is 1. The van der Waals surface area contributed by atoms with Gasteiger partial charge in [-0.3, -0.25) is 4.90 Å². The highest BCUT2D eigenvalue weighted by molar-refractivity contribution is 5.69. The summed E-state index contributed by atoms with van der Waals surface area (Å²) in [6.07, 6.45) is 17.1. The van der Waals surface area contributed by atoms with Crippen molar-refractivity contribution in [3.63, 3.8) is 0 Å². The third kappa shape index (κ3) is 5.76. The summed E-state index contributed by atoms with van der Waals surface area (Å²) in [7, 11) is 1.71. The summed E-state index contributed by atoms with van der Waals surface area (Å²) in [5.74, 6) is 2.41. The second kappa shape index (κ2) is 11.4. The number of ether oxygens (including phenoxy) is 3. The van der Waals surface area contributed by atoms with Gasteiger partial charge >= 0.3 is 6.09 Å². The van der Waals surface area contributed by atoms with Crippen molar-refractivity contribution < 1.29 is 24.1 Å². The fraction of sp³-hybridized carbons (Fsp3) is 0.769. The van der Waals surface area contributed by atoms with Crippen LogP contribution in [0, 0.1) is 16.7 Å². The van der Waals surface area contributed by atoms with Crippen LogP contribution in [0.15, 0.2) is 24.3 Å². The number of carbonyl (C=O) groups excluding carboxylic acids is 1. The number of methoxy groups -OCH3 is 1. The number of rotatable bonds is 9. The third-order valence-corrected chi connectivity index (χ3v) is 12.4. The molecular weight excluding hydrogens is 576 g/mol. The van der Waals surface area contributed by atoms with Crippen molar-refractivity contribution in [3.05, 3.63) is 35.4 Å². The normalized spacial score (nSPS) is 37.3. The third-order valence-electron chi connectivity index (χ3n) is 12.4. The molecule has 7 nitrogen and oxygen atoms in total. The number of aliphatic hydroxyl groups excluding tert-OH is 1. The van der Waals surface area contributed by atoms with Gasteiger partial charge in [-0.15, -0.1) is 0 Å². The minimum absolute atomic E-state index is 0.0433. The smallest absolute Gasteiger partial charge is 0.410 e. The molecule has 0 aromatic heterocycles. The Morgan fingerprint density at radius 1 is 1.07 bits per heavy atom. The molecule has 46 heavy (non-hydrogen) atoms. The van der Waals surface area contributed by atoms with Crippen LogP contribution in [-0.4, -0.2) is 71.1 Å². The Labute approximate surface area is 277 Å². The van der Waals surface area contributed by atoms with E-state index in [2.05, 4.69) is 35.8 Å². The first-order valence-electron chi connectivity index (χ1n) is 18.2. The first-order valence-corrected chi connectivity index (χ1v) is 18.2. The van der Waals surface area contributed by atoms with Crippen molar-refractivity contribution >= 4 is 6.09 Å². The summed E-state index contributed by atoms with van der Waals surface area (Å²) in [6.45, 7) is 14.7. The van der Waals surface area contributed by atoms with E-state index in [-0.39, 0.29) is 23.2 Å². The van der Waals surface area contributed by atoms with Crippen molar-refractivity contribution in [2.24, 2.45) is 16.7 Å². The summed E-state index contributed by atoms with van der Waals surface area (Å²) in [5, 5.41) is 10.4. The van der Waals surface area contributed by atoms with Gasteiger partial charge < -0.3 is 24.2 Å². The first-order chi connectivity index (χ1) is 21.7. The molecule has 4 bridgehead atoms. The molecule has 4 saturated carbocycles. The molecule has 0 radical (unpaired) electrons. The van der Waals surface area contributed by atoms with Crippen LogP contribution in [0.5, 0.6) is 11.5 Å². The summed E-state index contributed by atoms with van der Waals surface area (Å²) < 4.78 is 18.3.